The Kier molecular flexibility index (Phi) is 10.5. The Hall–Kier alpha value is -2.65. The maximum absolute atomic E-state index is 12.2. The van der Waals surface area contributed by atoms with E-state index in [1.165, 1.54) is 7.11 Å². The van der Waals surface area contributed by atoms with Gasteiger partial charge in [-0.2, -0.15) is 0 Å². The molecule has 1 amide bonds. The molecule has 9 heteroatoms. The lowest BCUT2D eigenvalue weighted by Crippen LogP contribution is -2.46. The normalized spacial score (nSPS) is 12.7. The van der Waals surface area contributed by atoms with Gasteiger partial charge in [-0.1, -0.05) is 0 Å². The van der Waals surface area contributed by atoms with Crippen molar-refractivity contribution in [3.05, 3.63) is 30.1 Å². The molecule has 3 N–H and O–H groups in total. The summed E-state index contributed by atoms with van der Waals surface area (Å²) in [6.45, 7) is 2.71. The van der Waals surface area contributed by atoms with Crippen LogP contribution in [0.2, 0.25) is 0 Å². The van der Waals surface area contributed by atoms with Crippen molar-refractivity contribution < 1.29 is 23.9 Å². The van der Waals surface area contributed by atoms with E-state index in [0.29, 0.717) is 19.3 Å². The molecule has 0 aliphatic carbocycles. The van der Waals surface area contributed by atoms with Crippen molar-refractivity contribution in [1.82, 2.24) is 15.6 Å². The number of Topliss-reactive ketones (excluding diaryl/α,β-unsaturated/α-hetero) is 1. The van der Waals surface area contributed by atoms with E-state index in [0.717, 1.165) is 5.56 Å². The zero-order valence-corrected chi connectivity index (χ0v) is 15.6. The van der Waals surface area contributed by atoms with Gasteiger partial charge in [-0.25, -0.2) is 4.79 Å². The number of pyridine rings is 1. The number of nitrogens with zero attached hydrogens (tertiary/aromatic N) is 1. The third-order valence-electron chi connectivity index (χ3n) is 3.77. The average molecular weight is 378 g/mol. The van der Waals surface area contributed by atoms with Crippen LogP contribution in [0, 0.1) is 5.41 Å². The highest BCUT2D eigenvalue weighted by Crippen LogP contribution is 2.03. The van der Waals surface area contributed by atoms with Gasteiger partial charge in [-0.05, 0) is 31.0 Å². The second kappa shape index (κ2) is 12.7. The van der Waals surface area contributed by atoms with Gasteiger partial charge in [0.25, 0.3) is 0 Å². The van der Waals surface area contributed by atoms with Crippen LogP contribution in [0.1, 0.15) is 25.3 Å². The van der Waals surface area contributed by atoms with Crippen LogP contribution >= 0.6 is 0 Å². The first kappa shape index (κ1) is 22.4. The van der Waals surface area contributed by atoms with Crippen LogP contribution in [0.25, 0.3) is 0 Å². The van der Waals surface area contributed by atoms with Crippen molar-refractivity contribution in [2.24, 2.45) is 0 Å². The highest BCUT2D eigenvalue weighted by atomic mass is 16.5. The van der Waals surface area contributed by atoms with E-state index >= 15 is 0 Å². The number of ketones is 1. The second-order valence-corrected chi connectivity index (χ2v) is 5.79. The summed E-state index contributed by atoms with van der Waals surface area (Å²) in [5.74, 6) is -1.53. The molecule has 9 nitrogen and oxygen atoms in total. The van der Waals surface area contributed by atoms with E-state index in [9.17, 15) is 14.4 Å². The van der Waals surface area contributed by atoms with Gasteiger partial charge in [0, 0.05) is 39.0 Å². The molecule has 0 radical (unpaired) electrons. The van der Waals surface area contributed by atoms with Gasteiger partial charge >= 0.3 is 5.97 Å². The van der Waals surface area contributed by atoms with Gasteiger partial charge in [0.2, 0.25) is 5.91 Å². The van der Waals surface area contributed by atoms with Crippen molar-refractivity contribution in [1.29, 1.82) is 5.41 Å². The van der Waals surface area contributed by atoms with Crippen LogP contribution in [-0.4, -0.2) is 61.3 Å². The predicted molar refractivity (Wildman–Crippen MR) is 98.3 cm³/mol. The summed E-state index contributed by atoms with van der Waals surface area (Å²) in [6, 6.07) is 2.78. The van der Waals surface area contributed by atoms with Crippen LogP contribution < -0.4 is 10.6 Å². The number of aromatic nitrogens is 1. The number of amides is 1. The molecule has 0 aliphatic heterocycles. The quantitative estimate of drug-likeness (QED) is 0.254. The summed E-state index contributed by atoms with van der Waals surface area (Å²) >= 11 is 0. The zero-order valence-electron chi connectivity index (χ0n) is 15.6. The molecule has 2 atom stereocenters. The number of nitrogens with one attached hydrogen (secondary N) is 3. The number of rotatable bonds is 13. The molecule has 0 spiro atoms. The summed E-state index contributed by atoms with van der Waals surface area (Å²) in [5, 5.41) is 12.6. The molecule has 0 saturated carbocycles. The second-order valence-electron chi connectivity index (χ2n) is 5.79. The third-order valence-corrected chi connectivity index (χ3v) is 3.77. The van der Waals surface area contributed by atoms with Crippen LogP contribution in [0.15, 0.2) is 24.5 Å². The van der Waals surface area contributed by atoms with E-state index in [4.69, 9.17) is 14.9 Å². The SMILES string of the molecule is CO[C@@H](C)C(=O)N[C@@H](CCC(=O)C=N)C(=O)OCCNCc1ccncc1. The lowest BCUT2D eigenvalue weighted by molar-refractivity contribution is -0.149. The van der Waals surface area contributed by atoms with Crippen molar-refractivity contribution in [3.8, 4) is 0 Å². The molecule has 0 bridgehead atoms. The highest BCUT2D eigenvalue weighted by Gasteiger charge is 2.25. The number of carbonyl (C=O) groups excluding carboxylic acids is 3. The third kappa shape index (κ3) is 9.02. The minimum absolute atomic E-state index is 0.0365. The van der Waals surface area contributed by atoms with E-state index in [1.54, 1.807) is 19.3 Å². The fraction of sp³-hybridized carbons (Fsp3) is 0.500. The monoisotopic (exact) mass is 378 g/mol. The molecule has 1 heterocycles. The average Bonchev–Trinajstić information content (AvgIpc) is 2.70. The number of esters is 1. The van der Waals surface area contributed by atoms with Gasteiger partial charge in [0.15, 0.2) is 5.78 Å². The van der Waals surface area contributed by atoms with Gasteiger partial charge in [-0.3, -0.25) is 14.6 Å². The molecule has 0 saturated heterocycles. The van der Waals surface area contributed by atoms with Crippen molar-refractivity contribution in [3.63, 3.8) is 0 Å². The Balaban J connectivity index is 2.44. The number of methoxy groups -OCH3 is 1. The first-order chi connectivity index (χ1) is 13.0. The fourth-order valence-corrected chi connectivity index (χ4v) is 2.06. The lowest BCUT2D eigenvalue weighted by Gasteiger charge is -2.19. The zero-order chi connectivity index (χ0) is 20.1. The van der Waals surface area contributed by atoms with Crippen LogP contribution in [-0.2, 0) is 30.4 Å². The summed E-state index contributed by atoms with van der Waals surface area (Å²) < 4.78 is 10.1. The smallest absolute Gasteiger partial charge is 0.328 e. The van der Waals surface area contributed by atoms with Gasteiger partial charge < -0.3 is 25.5 Å². The Morgan fingerprint density at radius 3 is 2.63 bits per heavy atom. The van der Waals surface area contributed by atoms with Crippen molar-refractivity contribution >= 4 is 23.9 Å². The maximum atomic E-state index is 12.2. The molecule has 148 valence electrons. The minimum Gasteiger partial charge on any atom is -0.463 e. The molecular weight excluding hydrogens is 352 g/mol. The Morgan fingerprint density at radius 2 is 2.00 bits per heavy atom. The number of ether oxygens (including phenoxy) is 2. The van der Waals surface area contributed by atoms with Crippen LogP contribution in [0.5, 0.6) is 0 Å². The van der Waals surface area contributed by atoms with Gasteiger partial charge in [0.05, 0.1) is 6.21 Å². The van der Waals surface area contributed by atoms with Crippen molar-refractivity contribution in [2.75, 3.05) is 20.3 Å². The predicted octanol–water partition coefficient (Wildman–Crippen LogP) is 0.233. The molecular formula is C18H26N4O5. The fourth-order valence-electron chi connectivity index (χ4n) is 2.06. The minimum atomic E-state index is -0.973. The number of hydrogen-bond acceptors (Lipinski definition) is 8. The number of carbonyl (C=O) groups is 3. The molecule has 1 aromatic rings. The summed E-state index contributed by atoms with van der Waals surface area (Å²) in [7, 11) is 1.38. The summed E-state index contributed by atoms with van der Waals surface area (Å²) in [5.41, 5.74) is 1.06. The Morgan fingerprint density at radius 1 is 1.30 bits per heavy atom. The van der Waals surface area contributed by atoms with Crippen molar-refractivity contribution in [2.45, 2.75) is 38.5 Å². The molecule has 0 aliphatic rings. The molecule has 27 heavy (non-hydrogen) atoms. The molecule has 1 rings (SSSR count). The standard InChI is InChI=1S/C18H26N4O5/c1-13(26-2)17(24)22-16(4-3-15(23)11-19)18(25)27-10-9-21-12-14-5-7-20-8-6-14/h5-8,11,13,16,19,21H,3-4,9-10,12H2,1-2H3,(H,22,24)/t13-,16-/m0/s1. The lowest BCUT2D eigenvalue weighted by atomic mass is 10.1. The molecule has 1 aromatic heterocycles. The van der Waals surface area contributed by atoms with Crippen LogP contribution in [0.3, 0.4) is 0 Å². The van der Waals surface area contributed by atoms with E-state index in [-0.39, 0.29) is 19.4 Å². The summed E-state index contributed by atoms with van der Waals surface area (Å²) in [6.07, 6.45) is 3.36. The van der Waals surface area contributed by atoms with Crippen LogP contribution in [0.4, 0.5) is 0 Å². The largest absolute Gasteiger partial charge is 0.463 e. The van der Waals surface area contributed by atoms with Gasteiger partial charge in [0.1, 0.15) is 18.8 Å². The first-order valence-electron chi connectivity index (χ1n) is 8.60. The maximum Gasteiger partial charge on any atom is 0.328 e. The molecule has 0 aromatic carbocycles. The first-order valence-corrected chi connectivity index (χ1v) is 8.60. The summed E-state index contributed by atoms with van der Waals surface area (Å²) in [4.78, 5) is 39.4. The van der Waals surface area contributed by atoms with E-state index in [1.807, 2.05) is 12.1 Å². The number of hydrogen-bond donors (Lipinski definition) is 3. The Bertz CT molecular complexity index is 623. The highest BCUT2D eigenvalue weighted by molar-refractivity contribution is 6.26. The topological polar surface area (TPSA) is 130 Å². The van der Waals surface area contributed by atoms with E-state index in [2.05, 4.69) is 15.6 Å². The molecule has 0 unspecified atom stereocenters. The van der Waals surface area contributed by atoms with Gasteiger partial charge in [-0.15, -0.1) is 0 Å². The van der Waals surface area contributed by atoms with E-state index < -0.39 is 29.8 Å². The molecule has 0 fully saturated rings. The Labute approximate surface area is 158 Å².